The summed E-state index contributed by atoms with van der Waals surface area (Å²) in [6, 6.07) is 14.4. The first-order valence-corrected chi connectivity index (χ1v) is 16.7. The quantitative estimate of drug-likeness (QED) is 0.0364. The van der Waals surface area contributed by atoms with E-state index in [0.29, 0.717) is 48.7 Å². The van der Waals surface area contributed by atoms with Gasteiger partial charge in [-0.25, -0.2) is 9.59 Å². The number of hydrogen-bond acceptors (Lipinski definition) is 8. The molecule has 2 aromatic rings. The van der Waals surface area contributed by atoms with Gasteiger partial charge in [0.25, 0.3) is 0 Å². The van der Waals surface area contributed by atoms with Crippen LogP contribution in [0.5, 0.6) is 11.5 Å². The minimum atomic E-state index is -0.302. The van der Waals surface area contributed by atoms with Crippen molar-refractivity contribution in [1.29, 1.82) is 0 Å². The molecule has 8 heteroatoms. The van der Waals surface area contributed by atoms with Crippen LogP contribution in [-0.4, -0.2) is 50.4 Å². The zero-order chi connectivity index (χ0) is 34.7. The Morgan fingerprint density at radius 2 is 0.872 bits per heavy atom. The molecule has 0 heterocycles. The van der Waals surface area contributed by atoms with E-state index in [2.05, 4.69) is 13.2 Å². The Balaban J connectivity index is 0.000000470. The van der Waals surface area contributed by atoms with Gasteiger partial charge in [0, 0.05) is 22.3 Å². The Bertz CT molecular complexity index is 1210. The van der Waals surface area contributed by atoms with Gasteiger partial charge in [-0.3, -0.25) is 9.59 Å². The molecule has 47 heavy (non-hydrogen) atoms. The lowest BCUT2D eigenvalue weighted by atomic mass is 10.1. The van der Waals surface area contributed by atoms with Gasteiger partial charge in [-0.1, -0.05) is 64.5 Å². The van der Waals surface area contributed by atoms with Crippen molar-refractivity contribution in [1.82, 2.24) is 0 Å². The zero-order valence-corrected chi connectivity index (χ0v) is 28.7. The Morgan fingerprint density at radius 1 is 0.532 bits per heavy atom. The predicted molar refractivity (Wildman–Crippen MR) is 186 cm³/mol. The maximum absolute atomic E-state index is 11.2. The first-order chi connectivity index (χ1) is 22.6. The molecule has 0 amide bonds. The number of aldehydes is 1. The zero-order valence-electron chi connectivity index (χ0n) is 28.7. The molecule has 0 saturated heterocycles. The van der Waals surface area contributed by atoms with Crippen LogP contribution in [0.1, 0.15) is 119 Å². The van der Waals surface area contributed by atoms with E-state index in [-0.39, 0.29) is 17.7 Å². The number of rotatable bonds is 24. The topological polar surface area (TPSA) is 105 Å². The van der Waals surface area contributed by atoms with E-state index in [9.17, 15) is 19.2 Å². The average molecular weight is 651 g/mol. The van der Waals surface area contributed by atoms with E-state index in [0.717, 1.165) is 94.8 Å². The third-order valence-electron chi connectivity index (χ3n) is 7.06. The molecule has 0 bridgehead atoms. The molecule has 0 spiro atoms. The summed E-state index contributed by atoms with van der Waals surface area (Å²) in [5.41, 5.74) is 2.26. The molecule has 0 aliphatic heterocycles. The van der Waals surface area contributed by atoms with Crippen molar-refractivity contribution in [2.45, 2.75) is 97.8 Å². The largest absolute Gasteiger partial charge is 0.494 e. The molecular weight excluding hydrogens is 596 g/mol. The predicted octanol–water partition coefficient (Wildman–Crippen LogP) is 9.07. The number of Topliss-reactive ketones (excluding diaryl/α,β-unsaturated/α-hetero) is 1. The van der Waals surface area contributed by atoms with Gasteiger partial charge < -0.3 is 18.9 Å². The van der Waals surface area contributed by atoms with Crippen molar-refractivity contribution >= 4 is 24.0 Å². The van der Waals surface area contributed by atoms with E-state index in [1.165, 1.54) is 0 Å². The van der Waals surface area contributed by atoms with E-state index in [1.807, 2.05) is 24.3 Å². The van der Waals surface area contributed by atoms with Crippen LogP contribution in [0.15, 0.2) is 72.8 Å². The molecule has 0 aromatic heterocycles. The van der Waals surface area contributed by atoms with Crippen molar-refractivity contribution in [2.75, 3.05) is 26.4 Å². The number of esters is 2. The number of ether oxygens (including phenoxy) is 4. The summed E-state index contributed by atoms with van der Waals surface area (Å²) in [7, 11) is 0. The Kier molecular flexibility index (Phi) is 22.5. The van der Waals surface area contributed by atoms with Crippen molar-refractivity contribution in [3.63, 3.8) is 0 Å². The number of carbonyl (C=O) groups is 4. The molecule has 0 atom stereocenters. The Labute approximate surface area is 281 Å². The highest BCUT2D eigenvalue weighted by Gasteiger charge is 2.03. The number of benzene rings is 2. The van der Waals surface area contributed by atoms with Crippen molar-refractivity contribution in [3.05, 3.63) is 84.0 Å². The lowest BCUT2D eigenvalue weighted by Gasteiger charge is -2.07. The molecule has 0 aliphatic rings. The van der Waals surface area contributed by atoms with Crippen LogP contribution < -0.4 is 9.47 Å². The van der Waals surface area contributed by atoms with E-state index < -0.39 is 0 Å². The summed E-state index contributed by atoms with van der Waals surface area (Å²) >= 11 is 0. The summed E-state index contributed by atoms with van der Waals surface area (Å²) in [5, 5.41) is 0. The van der Waals surface area contributed by atoms with Crippen LogP contribution in [0.2, 0.25) is 0 Å². The molecule has 2 aromatic carbocycles. The molecule has 0 N–H and O–H groups in total. The molecular formula is C39H54O8. The normalized spacial score (nSPS) is 10.2. The average Bonchev–Trinajstić information content (AvgIpc) is 3.06. The van der Waals surface area contributed by atoms with Gasteiger partial charge in [0.2, 0.25) is 0 Å². The van der Waals surface area contributed by atoms with E-state index in [4.69, 9.17) is 18.9 Å². The summed E-state index contributed by atoms with van der Waals surface area (Å²) in [6.07, 6.45) is 13.6. The maximum Gasteiger partial charge on any atom is 0.333 e. The van der Waals surface area contributed by atoms with Gasteiger partial charge in [0.05, 0.1) is 26.4 Å². The highest BCUT2D eigenvalue weighted by molar-refractivity contribution is 5.94. The third kappa shape index (κ3) is 21.3. The van der Waals surface area contributed by atoms with Gasteiger partial charge in [-0.2, -0.15) is 0 Å². The van der Waals surface area contributed by atoms with Crippen molar-refractivity contribution in [2.24, 2.45) is 0 Å². The van der Waals surface area contributed by atoms with Gasteiger partial charge in [-0.05, 0) is 95.0 Å². The second kappa shape index (κ2) is 25.9. The lowest BCUT2D eigenvalue weighted by Crippen LogP contribution is -2.06. The Hall–Kier alpha value is -4.20. The number of carbonyl (C=O) groups excluding carboxylic acids is 4. The molecule has 2 rings (SSSR count). The molecule has 8 nitrogen and oxygen atoms in total. The van der Waals surface area contributed by atoms with Crippen LogP contribution in [0.4, 0.5) is 0 Å². The van der Waals surface area contributed by atoms with Gasteiger partial charge in [0.1, 0.15) is 17.8 Å². The van der Waals surface area contributed by atoms with Gasteiger partial charge >= 0.3 is 11.9 Å². The smallest absolute Gasteiger partial charge is 0.333 e. The highest BCUT2D eigenvalue weighted by atomic mass is 16.5. The molecule has 0 saturated carbocycles. The lowest BCUT2D eigenvalue weighted by molar-refractivity contribution is -0.139. The number of ketones is 1. The second-order valence-corrected chi connectivity index (χ2v) is 11.5. The highest BCUT2D eigenvalue weighted by Crippen LogP contribution is 2.15. The fourth-order valence-electron chi connectivity index (χ4n) is 4.21. The third-order valence-corrected chi connectivity index (χ3v) is 7.06. The van der Waals surface area contributed by atoms with Gasteiger partial charge in [-0.15, -0.1) is 0 Å². The summed E-state index contributed by atoms with van der Waals surface area (Å²) in [5.74, 6) is 1.07. The number of unbranched alkanes of at least 4 members (excludes halogenated alkanes) is 10. The molecule has 258 valence electrons. The van der Waals surface area contributed by atoms with Gasteiger partial charge in [0.15, 0.2) is 5.78 Å². The van der Waals surface area contributed by atoms with Crippen LogP contribution in [0.3, 0.4) is 0 Å². The monoisotopic (exact) mass is 650 g/mol. The summed E-state index contributed by atoms with van der Waals surface area (Å²) in [6.45, 7) is 14.3. The van der Waals surface area contributed by atoms with Crippen LogP contribution in [0.25, 0.3) is 0 Å². The van der Waals surface area contributed by atoms with Crippen LogP contribution >= 0.6 is 0 Å². The minimum absolute atomic E-state index is 0.0657. The Morgan fingerprint density at radius 3 is 1.21 bits per heavy atom. The molecule has 0 radical (unpaired) electrons. The van der Waals surface area contributed by atoms with Crippen molar-refractivity contribution in [3.8, 4) is 11.5 Å². The molecule has 0 fully saturated rings. The number of hydrogen-bond donors (Lipinski definition) is 0. The summed E-state index contributed by atoms with van der Waals surface area (Å²) < 4.78 is 21.4. The molecule has 0 unspecified atom stereocenters. The van der Waals surface area contributed by atoms with Crippen LogP contribution in [-0.2, 0) is 19.1 Å². The SMILES string of the molecule is C=C(C)C(=O)OCCCCCCCCOc1ccc(C(C)=O)cc1.C=C(C)C(=O)OCCCCCCCCOc1ccc(C=O)cc1. The second-order valence-electron chi connectivity index (χ2n) is 11.5. The van der Waals surface area contributed by atoms with Crippen molar-refractivity contribution < 1.29 is 38.1 Å². The van der Waals surface area contributed by atoms with E-state index >= 15 is 0 Å². The first-order valence-electron chi connectivity index (χ1n) is 16.7. The minimum Gasteiger partial charge on any atom is -0.494 e. The fraction of sp³-hybridized carbons (Fsp3) is 0.487. The molecule has 0 aliphatic carbocycles. The fourth-order valence-corrected chi connectivity index (χ4v) is 4.21. The standard InChI is InChI=1S/C20H28O4.C19H26O4/c1-16(2)20(22)24-15-9-7-5-4-6-8-14-23-19-12-10-18(11-13-19)17(3)21;1-16(2)19(21)23-14-8-6-4-3-5-7-13-22-18-11-9-17(15-20)10-12-18/h10-13H,1,4-9,14-15H2,2-3H3;9-12,15H,1,3-8,13-14H2,2H3. The first kappa shape index (κ1) is 40.8. The summed E-state index contributed by atoms with van der Waals surface area (Å²) in [4.78, 5) is 44.0. The maximum atomic E-state index is 11.2. The van der Waals surface area contributed by atoms with Crippen LogP contribution in [0, 0.1) is 0 Å². The van der Waals surface area contributed by atoms with E-state index in [1.54, 1.807) is 45.0 Å².